The highest BCUT2D eigenvalue weighted by molar-refractivity contribution is 7.91. The van der Waals surface area contributed by atoms with Gasteiger partial charge in [-0.25, -0.2) is 13.6 Å². The Labute approximate surface area is 105 Å². The molecule has 0 fully saturated rings. The van der Waals surface area contributed by atoms with Crippen molar-refractivity contribution in [3.63, 3.8) is 0 Å². The Balaban J connectivity index is 3.18. The summed E-state index contributed by atoms with van der Waals surface area (Å²) in [4.78, 5) is 13.7. The molecule has 0 radical (unpaired) electrons. The minimum Gasteiger partial charge on any atom is -0.339 e. The van der Waals surface area contributed by atoms with Crippen LogP contribution in [0.4, 0.5) is 0 Å². The van der Waals surface area contributed by atoms with Crippen LogP contribution in [-0.4, -0.2) is 32.3 Å². The summed E-state index contributed by atoms with van der Waals surface area (Å²) in [5, 5.41) is 6.62. The Morgan fingerprint density at radius 2 is 1.94 bits per heavy atom. The van der Waals surface area contributed by atoms with E-state index in [4.69, 9.17) is 5.14 Å². The van der Waals surface area contributed by atoms with Crippen molar-refractivity contribution < 1.29 is 13.2 Å². The van der Waals surface area contributed by atoms with Crippen molar-refractivity contribution in [2.45, 2.75) is 25.0 Å². The van der Waals surface area contributed by atoms with E-state index in [0.717, 1.165) is 11.3 Å². The maximum atomic E-state index is 12.1. The lowest BCUT2D eigenvalue weighted by molar-refractivity contribution is 0.0772. The van der Waals surface area contributed by atoms with Crippen molar-refractivity contribution in [1.82, 2.24) is 4.90 Å². The molecule has 0 atom stereocenters. The second-order valence-electron chi connectivity index (χ2n) is 3.58. The molecule has 0 aliphatic carbocycles. The number of thiophene rings is 1. The summed E-state index contributed by atoms with van der Waals surface area (Å²) in [6.07, 6.45) is 0. The number of carbonyl (C=O) groups is 1. The highest BCUT2D eigenvalue weighted by Gasteiger charge is 2.22. The van der Waals surface area contributed by atoms with E-state index in [-0.39, 0.29) is 10.1 Å². The average molecular weight is 276 g/mol. The van der Waals surface area contributed by atoms with Crippen molar-refractivity contribution in [1.29, 1.82) is 0 Å². The first kappa shape index (κ1) is 14.1. The van der Waals surface area contributed by atoms with E-state index in [2.05, 4.69) is 0 Å². The number of carbonyl (C=O) groups excluding carboxylic acids is 1. The second kappa shape index (κ2) is 5.16. The van der Waals surface area contributed by atoms with Gasteiger partial charge in [0.1, 0.15) is 4.21 Å². The normalized spacial score (nSPS) is 11.5. The molecule has 0 unspecified atom stereocenters. The number of nitrogens with zero attached hydrogens (tertiary/aromatic N) is 1. The van der Waals surface area contributed by atoms with Gasteiger partial charge < -0.3 is 4.90 Å². The van der Waals surface area contributed by atoms with Crippen LogP contribution < -0.4 is 5.14 Å². The van der Waals surface area contributed by atoms with E-state index in [1.165, 1.54) is 0 Å². The van der Waals surface area contributed by atoms with Crippen LogP contribution in [0.5, 0.6) is 0 Å². The van der Waals surface area contributed by atoms with Gasteiger partial charge in [-0.15, -0.1) is 11.3 Å². The molecule has 0 saturated carbocycles. The van der Waals surface area contributed by atoms with E-state index in [9.17, 15) is 13.2 Å². The van der Waals surface area contributed by atoms with Gasteiger partial charge in [0.15, 0.2) is 0 Å². The number of hydrogen-bond acceptors (Lipinski definition) is 4. The summed E-state index contributed by atoms with van der Waals surface area (Å²) in [6.45, 7) is 6.55. The maximum Gasteiger partial charge on any atom is 0.254 e. The van der Waals surface area contributed by atoms with E-state index in [1.807, 2.05) is 13.8 Å². The van der Waals surface area contributed by atoms with Gasteiger partial charge in [-0.05, 0) is 26.3 Å². The summed E-state index contributed by atoms with van der Waals surface area (Å²) < 4.78 is 22.6. The number of amides is 1. The standard InChI is InChI=1S/C10H16N2O3S2/c1-4-12(5-2)9(13)8-6-16-10(7(8)3)17(11,14)15/h6H,4-5H2,1-3H3,(H2,11,14,15). The van der Waals surface area contributed by atoms with Crippen molar-refractivity contribution in [3.05, 3.63) is 16.5 Å². The van der Waals surface area contributed by atoms with Crippen LogP contribution in [0.1, 0.15) is 29.8 Å². The molecule has 1 rings (SSSR count). The third-order valence-electron chi connectivity index (χ3n) is 2.53. The molecule has 0 bridgehead atoms. The molecule has 7 heteroatoms. The van der Waals surface area contributed by atoms with Gasteiger partial charge in [0.25, 0.3) is 5.91 Å². The number of primary sulfonamides is 1. The zero-order chi connectivity index (χ0) is 13.2. The molecule has 1 aromatic heterocycles. The van der Waals surface area contributed by atoms with Crippen LogP contribution >= 0.6 is 11.3 Å². The molecule has 2 N–H and O–H groups in total. The van der Waals surface area contributed by atoms with Crippen molar-refractivity contribution in [3.8, 4) is 0 Å². The van der Waals surface area contributed by atoms with Gasteiger partial charge in [0.05, 0.1) is 5.56 Å². The zero-order valence-corrected chi connectivity index (χ0v) is 11.7. The molecular weight excluding hydrogens is 260 g/mol. The fraction of sp³-hybridized carbons (Fsp3) is 0.500. The van der Waals surface area contributed by atoms with Crippen molar-refractivity contribution in [2.24, 2.45) is 5.14 Å². The second-order valence-corrected chi connectivity index (χ2v) is 6.22. The minimum absolute atomic E-state index is 0.0630. The summed E-state index contributed by atoms with van der Waals surface area (Å²) >= 11 is 0.989. The van der Waals surface area contributed by atoms with Gasteiger partial charge in [-0.1, -0.05) is 0 Å². The third kappa shape index (κ3) is 2.85. The predicted octanol–water partition coefficient (Wildman–Crippen LogP) is 1.19. The van der Waals surface area contributed by atoms with Gasteiger partial charge in [0, 0.05) is 18.5 Å². The Bertz CT molecular complexity index is 516. The SMILES string of the molecule is CCN(CC)C(=O)c1csc(S(N)(=O)=O)c1C. The van der Waals surface area contributed by atoms with Gasteiger partial charge in [-0.2, -0.15) is 0 Å². The average Bonchev–Trinajstić information content (AvgIpc) is 2.61. The van der Waals surface area contributed by atoms with E-state index in [1.54, 1.807) is 17.2 Å². The van der Waals surface area contributed by atoms with Crippen molar-refractivity contribution in [2.75, 3.05) is 13.1 Å². The fourth-order valence-corrected chi connectivity index (χ4v) is 3.58. The van der Waals surface area contributed by atoms with Gasteiger partial charge >= 0.3 is 0 Å². The first-order valence-electron chi connectivity index (χ1n) is 5.23. The molecule has 17 heavy (non-hydrogen) atoms. The van der Waals surface area contributed by atoms with Crippen molar-refractivity contribution >= 4 is 27.3 Å². The molecule has 0 aliphatic heterocycles. The predicted molar refractivity (Wildman–Crippen MR) is 67.7 cm³/mol. The lowest BCUT2D eigenvalue weighted by Gasteiger charge is -2.18. The summed E-state index contributed by atoms with van der Waals surface area (Å²) in [6, 6.07) is 0. The molecular formula is C10H16N2O3S2. The monoisotopic (exact) mass is 276 g/mol. The number of sulfonamides is 1. The Morgan fingerprint density at radius 3 is 2.29 bits per heavy atom. The molecule has 96 valence electrons. The van der Waals surface area contributed by atoms with E-state index in [0.29, 0.717) is 24.2 Å². The first-order chi connectivity index (χ1) is 7.82. The van der Waals surface area contributed by atoms with Crippen LogP contribution in [0.3, 0.4) is 0 Å². The molecule has 1 heterocycles. The zero-order valence-electron chi connectivity index (χ0n) is 10.1. The number of nitrogens with two attached hydrogens (primary N) is 1. The van der Waals surface area contributed by atoms with Crippen LogP contribution in [0.25, 0.3) is 0 Å². The maximum absolute atomic E-state index is 12.1. The van der Waals surface area contributed by atoms with E-state index >= 15 is 0 Å². The third-order valence-corrected chi connectivity index (χ3v) is 5.22. The highest BCUT2D eigenvalue weighted by atomic mass is 32.2. The summed E-state index contributed by atoms with van der Waals surface area (Å²) in [7, 11) is -3.74. The van der Waals surface area contributed by atoms with E-state index < -0.39 is 10.0 Å². The number of hydrogen-bond donors (Lipinski definition) is 1. The Kier molecular flexibility index (Phi) is 4.29. The quantitative estimate of drug-likeness (QED) is 0.896. The Morgan fingerprint density at radius 1 is 1.41 bits per heavy atom. The lowest BCUT2D eigenvalue weighted by Crippen LogP contribution is -2.30. The minimum atomic E-state index is -3.74. The highest BCUT2D eigenvalue weighted by Crippen LogP contribution is 2.26. The Hall–Kier alpha value is -0.920. The topological polar surface area (TPSA) is 80.5 Å². The molecule has 0 spiro atoms. The van der Waals surface area contributed by atoms with Gasteiger partial charge in [0.2, 0.25) is 10.0 Å². The first-order valence-corrected chi connectivity index (χ1v) is 7.65. The molecule has 0 aliphatic rings. The molecule has 1 amide bonds. The molecule has 1 aromatic rings. The van der Waals surface area contributed by atoms with Crippen LogP contribution in [0, 0.1) is 6.92 Å². The van der Waals surface area contributed by atoms with Crippen LogP contribution in [0.15, 0.2) is 9.59 Å². The number of rotatable bonds is 4. The summed E-state index contributed by atoms with van der Waals surface area (Å²) in [5.41, 5.74) is 0.858. The molecule has 0 aromatic carbocycles. The largest absolute Gasteiger partial charge is 0.339 e. The van der Waals surface area contributed by atoms with Crippen LogP contribution in [0.2, 0.25) is 0 Å². The van der Waals surface area contributed by atoms with Gasteiger partial charge in [-0.3, -0.25) is 4.79 Å². The summed E-state index contributed by atoms with van der Waals surface area (Å²) in [5.74, 6) is -0.154. The molecule has 0 saturated heterocycles. The lowest BCUT2D eigenvalue weighted by atomic mass is 10.2. The smallest absolute Gasteiger partial charge is 0.254 e. The fourth-order valence-electron chi connectivity index (χ4n) is 1.57. The molecule has 5 nitrogen and oxygen atoms in total. The van der Waals surface area contributed by atoms with Crippen LogP contribution in [-0.2, 0) is 10.0 Å².